The fraction of sp³-hybridized carbons (Fsp3) is 0.444. The summed E-state index contributed by atoms with van der Waals surface area (Å²) in [5.41, 5.74) is 0.953. The number of hydrogen-bond donors (Lipinski definition) is 0. The van der Waals surface area contributed by atoms with Gasteiger partial charge in [-0.25, -0.2) is 0 Å². The lowest BCUT2D eigenvalue weighted by Crippen LogP contribution is -1.98. The van der Waals surface area contributed by atoms with Crippen LogP contribution in [0.25, 0.3) is 6.08 Å². The van der Waals surface area contributed by atoms with E-state index < -0.39 is 0 Å². The third-order valence-electron chi connectivity index (χ3n) is 1.68. The van der Waals surface area contributed by atoms with Crippen LogP contribution in [-0.2, 0) is 6.54 Å². The van der Waals surface area contributed by atoms with Crippen LogP contribution in [0.5, 0.6) is 0 Å². The number of hydrogen-bond acceptors (Lipinski definition) is 1. The molecule has 0 saturated carbocycles. The Kier molecular flexibility index (Phi) is 4.33. The molecule has 0 atom stereocenters. The summed E-state index contributed by atoms with van der Waals surface area (Å²) >= 11 is 11.5. The van der Waals surface area contributed by atoms with Crippen LogP contribution in [0.3, 0.4) is 0 Å². The number of allylic oxidation sites excluding steroid dienone is 1. The lowest BCUT2D eigenvalue weighted by molar-refractivity contribution is 0.654. The minimum absolute atomic E-state index is 0.633. The van der Waals surface area contributed by atoms with Gasteiger partial charge in [0.25, 0.3) is 0 Å². The van der Waals surface area contributed by atoms with E-state index in [2.05, 4.69) is 5.10 Å². The molecule has 2 nitrogen and oxygen atoms in total. The van der Waals surface area contributed by atoms with Crippen LogP contribution in [0.1, 0.15) is 19.0 Å². The smallest absolute Gasteiger partial charge is 0.0859 e. The molecule has 0 aliphatic heterocycles. The molecular weight excluding hydrogens is 207 g/mol. The summed E-state index contributed by atoms with van der Waals surface area (Å²) in [6.07, 6.45) is 6.47. The second-order valence-electron chi connectivity index (χ2n) is 2.57. The van der Waals surface area contributed by atoms with Crippen LogP contribution in [0, 0.1) is 0 Å². The number of aromatic nitrogens is 2. The molecule has 0 aromatic carbocycles. The van der Waals surface area contributed by atoms with Gasteiger partial charge in [0.2, 0.25) is 0 Å². The quantitative estimate of drug-likeness (QED) is 0.711. The Hall–Kier alpha value is -0.470. The van der Waals surface area contributed by atoms with Gasteiger partial charge >= 0.3 is 0 Å². The molecule has 1 rings (SSSR count). The predicted molar refractivity (Wildman–Crippen MR) is 57.3 cm³/mol. The SMILES string of the molecule is CCn1ncc(Cl)c1/C=C/CCCl. The third-order valence-corrected chi connectivity index (χ3v) is 2.19. The van der Waals surface area contributed by atoms with Crippen LogP contribution in [0.2, 0.25) is 5.02 Å². The van der Waals surface area contributed by atoms with Crippen molar-refractivity contribution in [3.63, 3.8) is 0 Å². The van der Waals surface area contributed by atoms with E-state index in [-0.39, 0.29) is 0 Å². The van der Waals surface area contributed by atoms with E-state index in [1.165, 1.54) is 0 Å². The van der Waals surface area contributed by atoms with Crippen molar-refractivity contribution >= 4 is 29.3 Å². The molecule has 1 aromatic rings. The van der Waals surface area contributed by atoms with E-state index in [0.717, 1.165) is 18.7 Å². The van der Waals surface area contributed by atoms with Gasteiger partial charge in [-0.3, -0.25) is 4.68 Å². The van der Waals surface area contributed by atoms with E-state index in [9.17, 15) is 0 Å². The normalized spacial score (nSPS) is 11.3. The summed E-state index contributed by atoms with van der Waals surface area (Å²) in [5, 5.41) is 4.80. The Labute approximate surface area is 88.1 Å². The molecule has 13 heavy (non-hydrogen) atoms. The molecule has 0 N–H and O–H groups in total. The highest BCUT2D eigenvalue weighted by atomic mass is 35.5. The third kappa shape index (κ3) is 2.75. The van der Waals surface area contributed by atoms with E-state index >= 15 is 0 Å². The predicted octanol–water partition coefficient (Wildman–Crippen LogP) is 3.20. The first-order valence-electron chi connectivity index (χ1n) is 4.23. The first-order chi connectivity index (χ1) is 6.29. The van der Waals surface area contributed by atoms with Crippen molar-refractivity contribution in [1.82, 2.24) is 9.78 Å². The van der Waals surface area contributed by atoms with Crippen LogP contribution < -0.4 is 0 Å². The molecule has 0 saturated heterocycles. The molecule has 0 aliphatic rings. The van der Waals surface area contributed by atoms with Crippen molar-refractivity contribution in [3.8, 4) is 0 Å². The van der Waals surface area contributed by atoms with Gasteiger partial charge in [-0.1, -0.05) is 17.7 Å². The van der Waals surface area contributed by atoms with Crippen LogP contribution in [-0.4, -0.2) is 15.7 Å². The summed E-state index contributed by atoms with van der Waals surface area (Å²) in [5.74, 6) is 0.633. The second-order valence-corrected chi connectivity index (χ2v) is 3.36. The molecular formula is C9H12Cl2N2. The molecule has 0 fully saturated rings. The van der Waals surface area contributed by atoms with Crippen LogP contribution >= 0.6 is 23.2 Å². The zero-order valence-electron chi connectivity index (χ0n) is 7.50. The maximum Gasteiger partial charge on any atom is 0.0859 e. The summed E-state index contributed by atoms with van der Waals surface area (Å²) < 4.78 is 1.85. The lowest BCUT2D eigenvalue weighted by atomic mass is 10.3. The molecule has 4 heteroatoms. The Bertz CT molecular complexity index is 292. The second kappa shape index (κ2) is 5.30. The van der Waals surface area contributed by atoms with Gasteiger partial charge in [0.1, 0.15) is 0 Å². The maximum atomic E-state index is 5.94. The molecule has 1 aromatic heterocycles. The zero-order chi connectivity index (χ0) is 9.68. The van der Waals surface area contributed by atoms with Crippen molar-refractivity contribution in [2.75, 3.05) is 5.88 Å². The van der Waals surface area contributed by atoms with Gasteiger partial charge in [-0.05, 0) is 19.4 Å². The first kappa shape index (κ1) is 10.6. The van der Waals surface area contributed by atoms with Gasteiger partial charge in [0, 0.05) is 12.4 Å². The molecule has 72 valence electrons. The fourth-order valence-electron chi connectivity index (χ4n) is 1.05. The number of aryl methyl sites for hydroxylation is 1. The number of rotatable bonds is 4. The van der Waals surface area contributed by atoms with Crippen molar-refractivity contribution in [3.05, 3.63) is 23.0 Å². The largest absolute Gasteiger partial charge is 0.264 e. The Morgan fingerprint density at radius 2 is 2.38 bits per heavy atom. The summed E-state index contributed by atoms with van der Waals surface area (Å²) in [6, 6.07) is 0. The average Bonchev–Trinajstić information content (AvgIpc) is 2.48. The first-order valence-corrected chi connectivity index (χ1v) is 5.14. The Morgan fingerprint density at radius 3 is 3.00 bits per heavy atom. The minimum Gasteiger partial charge on any atom is -0.264 e. The Balaban J connectivity index is 2.79. The number of nitrogens with zero attached hydrogens (tertiary/aromatic N) is 2. The number of alkyl halides is 1. The minimum atomic E-state index is 0.633. The number of halogens is 2. The van der Waals surface area contributed by atoms with E-state index in [1.54, 1.807) is 6.20 Å². The summed E-state index contributed by atoms with van der Waals surface area (Å²) in [4.78, 5) is 0. The van der Waals surface area contributed by atoms with Crippen LogP contribution in [0.4, 0.5) is 0 Å². The molecule has 0 aliphatic carbocycles. The van der Waals surface area contributed by atoms with Gasteiger partial charge < -0.3 is 0 Å². The standard InChI is InChI=1S/C9H12Cl2N2/c1-2-13-9(5-3-4-6-10)8(11)7-12-13/h3,5,7H,2,4,6H2,1H3/b5-3+. The fourth-order valence-corrected chi connectivity index (χ4v) is 1.38. The lowest BCUT2D eigenvalue weighted by Gasteiger charge is -1.98. The average molecular weight is 219 g/mol. The van der Waals surface area contributed by atoms with Crippen molar-refractivity contribution in [1.29, 1.82) is 0 Å². The topological polar surface area (TPSA) is 17.8 Å². The molecule has 0 unspecified atom stereocenters. The monoisotopic (exact) mass is 218 g/mol. The van der Waals surface area contributed by atoms with Gasteiger partial charge in [-0.2, -0.15) is 5.10 Å². The van der Waals surface area contributed by atoms with Crippen LogP contribution in [0.15, 0.2) is 12.3 Å². The van der Waals surface area contributed by atoms with Gasteiger partial charge in [0.15, 0.2) is 0 Å². The van der Waals surface area contributed by atoms with E-state index in [4.69, 9.17) is 23.2 Å². The molecule has 0 spiro atoms. The highest BCUT2D eigenvalue weighted by molar-refractivity contribution is 6.31. The van der Waals surface area contributed by atoms with Crippen molar-refractivity contribution in [2.24, 2.45) is 0 Å². The van der Waals surface area contributed by atoms with E-state index in [1.807, 2.05) is 23.8 Å². The molecule has 0 amide bonds. The van der Waals surface area contributed by atoms with Gasteiger partial charge in [-0.15, -0.1) is 11.6 Å². The Morgan fingerprint density at radius 1 is 1.62 bits per heavy atom. The molecule has 0 bridgehead atoms. The zero-order valence-corrected chi connectivity index (χ0v) is 9.02. The van der Waals surface area contributed by atoms with Gasteiger partial charge in [0.05, 0.1) is 16.9 Å². The highest BCUT2D eigenvalue weighted by Gasteiger charge is 2.02. The molecule has 0 radical (unpaired) electrons. The highest BCUT2D eigenvalue weighted by Crippen LogP contribution is 2.16. The summed E-state index contributed by atoms with van der Waals surface area (Å²) in [7, 11) is 0. The van der Waals surface area contributed by atoms with Crippen molar-refractivity contribution < 1.29 is 0 Å². The van der Waals surface area contributed by atoms with E-state index in [0.29, 0.717) is 10.9 Å². The molecule has 1 heterocycles. The summed E-state index contributed by atoms with van der Waals surface area (Å²) in [6.45, 7) is 2.86. The van der Waals surface area contributed by atoms with Crippen molar-refractivity contribution in [2.45, 2.75) is 19.9 Å². The maximum absolute atomic E-state index is 5.94.